The fourth-order valence-electron chi connectivity index (χ4n) is 2.80. The van der Waals surface area contributed by atoms with E-state index in [4.69, 9.17) is 4.74 Å². The predicted molar refractivity (Wildman–Crippen MR) is 94.5 cm³/mol. The van der Waals surface area contributed by atoms with Crippen LogP contribution >= 0.6 is 0 Å². The van der Waals surface area contributed by atoms with E-state index in [0.717, 1.165) is 37.7 Å². The van der Waals surface area contributed by atoms with Crippen molar-refractivity contribution in [2.24, 2.45) is 0 Å². The van der Waals surface area contributed by atoms with Crippen LogP contribution in [0.15, 0.2) is 48.5 Å². The first-order chi connectivity index (χ1) is 12.3. The van der Waals surface area contributed by atoms with Gasteiger partial charge in [-0.2, -0.15) is 4.98 Å². The van der Waals surface area contributed by atoms with Gasteiger partial charge in [0.25, 0.3) is 0 Å². The molecule has 2 N–H and O–H groups in total. The van der Waals surface area contributed by atoms with E-state index in [1.54, 1.807) is 18.2 Å². The van der Waals surface area contributed by atoms with Gasteiger partial charge in [-0.25, -0.2) is 4.39 Å². The molecule has 0 saturated carbocycles. The van der Waals surface area contributed by atoms with Crippen LogP contribution in [0.5, 0.6) is 0 Å². The molecule has 6 nitrogen and oxygen atoms in total. The Morgan fingerprint density at radius 2 is 1.80 bits per heavy atom. The van der Waals surface area contributed by atoms with E-state index in [9.17, 15) is 4.39 Å². The number of morpholine rings is 1. The zero-order valence-corrected chi connectivity index (χ0v) is 13.6. The van der Waals surface area contributed by atoms with Crippen molar-refractivity contribution in [1.82, 2.24) is 15.2 Å². The highest BCUT2D eigenvalue weighted by molar-refractivity contribution is 5.62. The second kappa shape index (κ2) is 6.90. The van der Waals surface area contributed by atoms with Gasteiger partial charge in [-0.15, -0.1) is 5.10 Å². The number of benzene rings is 2. The minimum absolute atomic E-state index is 0.333. The molecule has 0 aliphatic carbocycles. The molecular formula is C18H18FN5O. The van der Waals surface area contributed by atoms with Crippen molar-refractivity contribution in [2.75, 3.05) is 36.5 Å². The highest BCUT2D eigenvalue weighted by atomic mass is 19.1. The minimum Gasteiger partial charge on any atom is -0.378 e. The highest BCUT2D eigenvalue weighted by Gasteiger charge is 2.12. The Labute approximate surface area is 144 Å². The molecule has 0 amide bonds. The Morgan fingerprint density at radius 1 is 1.04 bits per heavy atom. The summed E-state index contributed by atoms with van der Waals surface area (Å²) in [7, 11) is 0. The molecule has 1 saturated heterocycles. The maximum absolute atomic E-state index is 13.8. The fraction of sp³-hybridized carbons (Fsp3) is 0.222. The van der Waals surface area contributed by atoms with Crippen molar-refractivity contribution < 1.29 is 9.13 Å². The molecular weight excluding hydrogens is 321 g/mol. The number of H-pyrrole nitrogens is 1. The standard InChI is InChI=1S/C18H18FN5O/c19-16-4-2-1-3-15(16)17-21-18(23-22-17)20-13-5-7-14(8-6-13)24-9-11-25-12-10-24/h1-8H,9-12H2,(H2,20,21,22,23). The van der Waals surface area contributed by atoms with E-state index < -0.39 is 0 Å². The average Bonchev–Trinajstić information content (AvgIpc) is 3.12. The molecule has 1 aliphatic rings. The quantitative estimate of drug-likeness (QED) is 0.764. The summed E-state index contributed by atoms with van der Waals surface area (Å²) in [5.41, 5.74) is 2.43. The largest absolute Gasteiger partial charge is 0.378 e. The van der Waals surface area contributed by atoms with Gasteiger partial charge >= 0.3 is 0 Å². The number of anilines is 3. The summed E-state index contributed by atoms with van der Waals surface area (Å²) in [6.45, 7) is 3.32. The fourth-order valence-corrected chi connectivity index (χ4v) is 2.80. The zero-order valence-electron chi connectivity index (χ0n) is 13.6. The Balaban J connectivity index is 1.46. The van der Waals surface area contributed by atoms with E-state index in [-0.39, 0.29) is 5.82 Å². The van der Waals surface area contributed by atoms with Crippen LogP contribution in [0.1, 0.15) is 0 Å². The van der Waals surface area contributed by atoms with Gasteiger partial charge in [0.05, 0.1) is 18.8 Å². The molecule has 1 aliphatic heterocycles. The van der Waals surface area contributed by atoms with Gasteiger partial charge in [-0.05, 0) is 36.4 Å². The number of rotatable bonds is 4. The first-order valence-electron chi connectivity index (χ1n) is 8.17. The van der Waals surface area contributed by atoms with Crippen LogP contribution in [0.2, 0.25) is 0 Å². The van der Waals surface area contributed by atoms with Gasteiger partial charge in [0.1, 0.15) is 5.82 Å². The van der Waals surface area contributed by atoms with Gasteiger partial charge < -0.3 is 15.0 Å². The molecule has 1 fully saturated rings. The lowest BCUT2D eigenvalue weighted by Gasteiger charge is -2.28. The third-order valence-electron chi connectivity index (χ3n) is 4.11. The van der Waals surface area contributed by atoms with Crippen molar-refractivity contribution in [2.45, 2.75) is 0 Å². The van der Waals surface area contributed by atoms with Crippen LogP contribution < -0.4 is 10.2 Å². The summed E-state index contributed by atoms with van der Waals surface area (Å²) in [6.07, 6.45) is 0. The SMILES string of the molecule is Fc1ccccc1-c1nc(Nc2ccc(N3CCOCC3)cc2)n[nH]1. The van der Waals surface area contributed by atoms with Crippen LogP contribution in [0, 0.1) is 5.82 Å². The summed E-state index contributed by atoms with van der Waals surface area (Å²) in [6, 6.07) is 14.5. The molecule has 128 valence electrons. The van der Waals surface area contributed by atoms with Gasteiger partial charge in [0, 0.05) is 24.5 Å². The number of aromatic amines is 1. The van der Waals surface area contributed by atoms with E-state index in [1.807, 2.05) is 12.1 Å². The summed E-state index contributed by atoms with van der Waals surface area (Å²) in [4.78, 5) is 6.59. The minimum atomic E-state index is -0.333. The van der Waals surface area contributed by atoms with Crippen molar-refractivity contribution in [3.8, 4) is 11.4 Å². The molecule has 1 aromatic heterocycles. The molecule has 2 heterocycles. The van der Waals surface area contributed by atoms with Crippen LogP contribution in [-0.4, -0.2) is 41.5 Å². The second-order valence-electron chi connectivity index (χ2n) is 5.76. The van der Waals surface area contributed by atoms with E-state index in [0.29, 0.717) is 17.3 Å². The summed E-state index contributed by atoms with van der Waals surface area (Å²) >= 11 is 0. The zero-order chi connectivity index (χ0) is 17.1. The molecule has 0 spiro atoms. The lowest BCUT2D eigenvalue weighted by molar-refractivity contribution is 0.122. The lowest BCUT2D eigenvalue weighted by atomic mass is 10.2. The van der Waals surface area contributed by atoms with Crippen molar-refractivity contribution >= 4 is 17.3 Å². The lowest BCUT2D eigenvalue weighted by Crippen LogP contribution is -2.36. The maximum atomic E-state index is 13.8. The molecule has 7 heteroatoms. The Morgan fingerprint density at radius 3 is 2.56 bits per heavy atom. The number of halogens is 1. The van der Waals surface area contributed by atoms with Gasteiger partial charge in [0.15, 0.2) is 5.82 Å². The van der Waals surface area contributed by atoms with Crippen LogP contribution in [0.4, 0.5) is 21.7 Å². The molecule has 0 radical (unpaired) electrons. The summed E-state index contributed by atoms with van der Waals surface area (Å²) in [5, 5.41) is 9.99. The average molecular weight is 339 g/mol. The Kier molecular flexibility index (Phi) is 4.30. The van der Waals surface area contributed by atoms with Gasteiger partial charge in [-0.3, -0.25) is 5.10 Å². The number of hydrogen-bond acceptors (Lipinski definition) is 5. The van der Waals surface area contributed by atoms with E-state index in [1.165, 1.54) is 6.07 Å². The summed E-state index contributed by atoms with van der Waals surface area (Å²) in [5.74, 6) is 0.461. The monoisotopic (exact) mass is 339 g/mol. The number of aromatic nitrogens is 3. The topological polar surface area (TPSA) is 66.1 Å². The number of hydrogen-bond donors (Lipinski definition) is 2. The van der Waals surface area contributed by atoms with Crippen molar-refractivity contribution in [1.29, 1.82) is 0 Å². The Hall–Kier alpha value is -2.93. The first kappa shape index (κ1) is 15.6. The third-order valence-corrected chi connectivity index (χ3v) is 4.11. The smallest absolute Gasteiger partial charge is 0.246 e. The summed E-state index contributed by atoms with van der Waals surface area (Å²) < 4.78 is 19.2. The van der Waals surface area contributed by atoms with Crippen LogP contribution in [0.25, 0.3) is 11.4 Å². The molecule has 0 atom stereocenters. The molecule has 0 bridgehead atoms. The number of nitrogens with one attached hydrogen (secondary N) is 2. The van der Waals surface area contributed by atoms with Gasteiger partial charge in [0.2, 0.25) is 5.95 Å². The molecule has 0 unspecified atom stereocenters. The van der Waals surface area contributed by atoms with Crippen molar-refractivity contribution in [3.63, 3.8) is 0 Å². The molecule has 3 aromatic rings. The van der Waals surface area contributed by atoms with E-state index in [2.05, 4.69) is 37.5 Å². The highest BCUT2D eigenvalue weighted by Crippen LogP contribution is 2.23. The molecule has 4 rings (SSSR count). The second-order valence-corrected chi connectivity index (χ2v) is 5.76. The third kappa shape index (κ3) is 3.46. The number of nitrogens with zero attached hydrogens (tertiary/aromatic N) is 3. The maximum Gasteiger partial charge on any atom is 0.246 e. The molecule has 2 aromatic carbocycles. The van der Waals surface area contributed by atoms with E-state index >= 15 is 0 Å². The Bertz CT molecular complexity index is 843. The first-order valence-corrected chi connectivity index (χ1v) is 8.17. The molecule has 25 heavy (non-hydrogen) atoms. The van der Waals surface area contributed by atoms with Crippen LogP contribution in [-0.2, 0) is 4.74 Å². The van der Waals surface area contributed by atoms with Crippen LogP contribution in [0.3, 0.4) is 0 Å². The predicted octanol–water partition coefficient (Wildman–Crippen LogP) is 3.19. The normalized spacial score (nSPS) is 14.5. The number of ether oxygens (including phenoxy) is 1. The van der Waals surface area contributed by atoms with Crippen molar-refractivity contribution in [3.05, 3.63) is 54.3 Å². The van der Waals surface area contributed by atoms with Gasteiger partial charge in [-0.1, -0.05) is 12.1 Å².